The molecule has 0 aliphatic rings. The molecule has 0 fully saturated rings. The van der Waals surface area contributed by atoms with E-state index in [0.717, 1.165) is 11.4 Å². The van der Waals surface area contributed by atoms with Crippen LogP contribution in [0.4, 0.5) is 0 Å². The number of hydrogen-bond donors (Lipinski definition) is 1. The summed E-state index contributed by atoms with van der Waals surface area (Å²) in [6, 6.07) is 15.0. The number of hydrogen-bond acceptors (Lipinski definition) is 5. The van der Waals surface area contributed by atoms with E-state index in [0.29, 0.717) is 33.0 Å². The average Bonchev–Trinajstić information content (AvgIpc) is 3.14. The lowest BCUT2D eigenvalue weighted by atomic mass is 10.1. The predicted molar refractivity (Wildman–Crippen MR) is 119 cm³/mol. The van der Waals surface area contributed by atoms with Crippen LogP contribution >= 0.6 is 35.0 Å². The molecule has 0 saturated heterocycles. The van der Waals surface area contributed by atoms with Crippen LogP contribution in [-0.2, 0) is 11.3 Å². The fourth-order valence-corrected chi connectivity index (χ4v) is 3.97. The fraction of sp³-hybridized carbons (Fsp3) is 0.200. The molecular weight excluding hydrogens is 429 g/mol. The van der Waals surface area contributed by atoms with Crippen LogP contribution in [0.3, 0.4) is 0 Å². The van der Waals surface area contributed by atoms with Crippen LogP contribution in [0.5, 0.6) is 0 Å². The van der Waals surface area contributed by atoms with Crippen LogP contribution in [0.1, 0.15) is 19.4 Å². The molecule has 29 heavy (non-hydrogen) atoms. The highest BCUT2D eigenvalue weighted by molar-refractivity contribution is 7.99. The number of amides is 1. The van der Waals surface area contributed by atoms with Crippen molar-refractivity contribution >= 4 is 46.6 Å². The van der Waals surface area contributed by atoms with Gasteiger partial charge in [0.05, 0.1) is 16.5 Å². The summed E-state index contributed by atoms with van der Waals surface area (Å²) < 4.78 is 1.98. The number of halogens is 2. The number of nitrogens with one attached hydrogen (secondary N) is 1. The Morgan fingerprint density at radius 3 is 2.62 bits per heavy atom. The summed E-state index contributed by atoms with van der Waals surface area (Å²) in [5, 5.41) is 14.3. The molecule has 0 aliphatic carbocycles. The quantitative estimate of drug-likeness (QED) is 0.317. The van der Waals surface area contributed by atoms with Crippen molar-refractivity contribution in [2.45, 2.75) is 25.5 Å². The zero-order valence-electron chi connectivity index (χ0n) is 15.9. The lowest BCUT2D eigenvalue weighted by Gasteiger charge is -2.07. The molecule has 6 nitrogen and oxygen atoms in total. The van der Waals surface area contributed by atoms with E-state index in [1.165, 1.54) is 11.8 Å². The van der Waals surface area contributed by atoms with E-state index in [9.17, 15) is 4.79 Å². The molecule has 0 aliphatic heterocycles. The Balaban J connectivity index is 1.63. The second-order valence-corrected chi connectivity index (χ2v) is 7.85. The van der Waals surface area contributed by atoms with Gasteiger partial charge in [0.2, 0.25) is 0 Å². The maximum Gasteiger partial charge on any atom is 0.250 e. The van der Waals surface area contributed by atoms with E-state index < -0.39 is 0 Å². The molecule has 2 aromatic carbocycles. The largest absolute Gasteiger partial charge is 0.302 e. The van der Waals surface area contributed by atoms with E-state index in [4.69, 9.17) is 23.2 Å². The Labute approximate surface area is 183 Å². The van der Waals surface area contributed by atoms with Crippen molar-refractivity contribution in [3.63, 3.8) is 0 Å². The van der Waals surface area contributed by atoms with Crippen molar-refractivity contribution in [1.29, 1.82) is 0 Å². The minimum Gasteiger partial charge on any atom is -0.302 e. The third-order valence-electron chi connectivity index (χ3n) is 4.07. The average molecular weight is 448 g/mol. The van der Waals surface area contributed by atoms with Crippen LogP contribution in [-0.4, -0.2) is 32.1 Å². The van der Waals surface area contributed by atoms with E-state index in [1.807, 2.05) is 41.8 Å². The van der Waals surface area contributed by atoms with Gasteiger partial charge in [-0.25, -0.2) is 5.43 Å². The maximum atomic E-state index is 12.2. The summed E-state index contributed by atoms with van der Waals surface area (Å²) in [6.07, 6.45) is 0. The third kappa shape index (κ3) is 5.38. The second-order valence-electron chi connectivity index (χ2n) is 6.06. The number of benzene rings is 2. The zero-order chi connectivity index (χ0) is 20.8. The van der Waals surface area contributed by atoms with Gasteiger partial charge < -0.3 is 4.57 Å². The fourth-order valence-electron chi connectivity index (χ4n) is 2.63. The van der Waals surface area contributed by atoms with Gasteiger partial charge in [0.1, 0.15) is 0 Å². The predicted octanol–water partition coefficient (Wildman–Crippen LogP) is 4.90. The first-order valence-corrected chi connectivity index (χ1v) is 10.6. The van der Waals surface area contributed by atoms with Crippen molar-refractivity contribution in [1.82, 2.24) is 20.2 Å². The minimum atomic E-state index is -0.244. The topological polar surface area (TPSA) is 72.2 Å². The number of nitrogens with zero attached hydrogens (tertiary/aromatic N) is 4. The first-order valence-electron chi connectivity index (χ1n) is 8.89. The Kier molecular flexibility index (Phi) is 7.30. The number of rotatable bonds is 7. The van der Waals surface area contributed by atoms with Gasteiger partial charge in [0.15, 0.2) is 11.0 Å². The number of aromatic nitrogens is 3. The third-order valence-corrected chi connectivity index (χ3v) is 5.58. The van der Waals surface area contributed by atoms with Crippen LogP contribution in [0.25, 0.3) is 11.4 Å². The first kappa shape index (κ1) is 21.4. The van der Waals surface area contributed by atoms with Gasteiger partial charge in [-0.1, -0.05) is 71.4 Å². The number of thioether (sulfide) groups is 1. The Hall–Kier alpha value is -2.35. The summed E-state index contributed by atoms with van der Waals surface area (Å²) in [4.78, 5) is 12.2. The van der Waals surface area contributed by atoms with Gasteiger partial charge in [-0.05, 0) is 26.0 Å². The second kappa shape index (κ2) is 9.91. The standard InChI is InChI=1S/C20H19Cl2N5OS/c1-3-27-19(14-7-5-4-6-8-14)25-26-20(27)29-12-18(28)24-23-13(2)16-10-9-15(21)11-17(16)22/h4-11H,3,12H2,1-2H3,(H,24,28)/b23-13+. The van der Waals surface area contributed by atoms with Crippen LogP contribution < -0.4 is 5.43 Å². The van der Waals surface area contributed by atoms with Gasteiger partial charge in [0, 0.05) is 22.7 Å². The molecule has 150 valence electrons. The molecule has 1 N–H and O–H groups in total. The molecule has 1 heterocycles. The highest BCUT2D eigenvalue weighted by atomic mass is 35.5. The smallest absolute Gasteiger partial charge is 0.250 e. The molecule has 0 saturated carbocycles. The molecule has 3 aromatic rings. The summed E-state index contributed by atoms with van der Waals surface area (Å²) in [6.45, 7) is 4.49. The normalized spacial score (nSPS) is 11.5. The highest BCUT2D eigenvalue weighted by Crippen LogP contribution is 2.24. The molecule has 0 unspecified atom stereocenters. The molecule has 1 amide bonds. The van der Waals surface area contributed by atoms with Crippen LogP contribution in [0, 0.1) is 0 Å². The molecule has 0 atom stereocenters. The Morgan fingerprint density at radius 1 is 1.17 bits per heavy atom. The lowest BCUT2D eigenvalue weighted by molar-refractivity contribution is -0.118. The number of carbonyl (C=O) groups is 1. The molecule has 0 spiro atoms. The summed E-state index contributed by atoms with van der Waals surface area (Å²) in [5.41, 5.74) is 4.83. The maximum absolute atomic E-state index is 12.2. The molecule has 1 aromatic heterocycles. The van der Waals surface area contributed by atoms with E-state index in [1.54, 1.807) is 25.1 Å². The van der Waals surface area contributed by atoms with Crippen molar-refractivity contribution in [3.8, 4) is 11.4 Å². The first-order chi connectivity index (χ1) is 14.0. The van der Waals surface area contributed by atoms with E-state index >= 15 is 0 Å². The summed E-state index contributed by atoms with van der Waals surface area (Å²) in [5.74, 6) is 0.700. The Morgan fingerprint density at radius 2 is 1.93 bits per heavy atom. The van der Waals surface area contributed by atoms with Crippen LogP contribution in [0.2, 0.25) is 10.0 Å². The van der Waals surface area contributed by atoms with Crippen molar-refractivity contribution < 1.29 is 4.79 Å². The molecule has 0 bridgehead atoms. The highest BCUT2D eigenvalue weighted by Gasteiger charge is 2.14. The van der Waals surface area contributed by atoms with Crippen molar-refractivity contribution in [2.24, 2.45) is 5.10 Å². The summed E-state index contributed by atoms with van der Waals surface area (Å²) in [7, 11) is 0. The van der Waals surface area contributed by atoms with Gasteiger partial charge in [0.25, 0.3) is 5.91 Å². The molecule has 0 radical (unpaired) electrons. The SMILES string of the molecule is CCn1c(SCC(=O)N/N=C(\C)c2ccc(Cl)cc2Cl)nnc1-c1ccccc1. The van der Waals surface area contributed by atoms with E-state index in [-0.39, 0.29) is 11.7 Å². The number of hydrazone groups is 1. The van der Waals surface area contributed by atoms with E-state index in [2.05, 4.69) is 20.7 Å². The van der Waals surface area contributed by atoms with Gasteiger partial charge >= 0.3 is 0 Å². The van der Waals surface area contributed by atoms with Crippen LogP contribution in [0.15, 0.2) is 58.8 Å². The Bertz CT molecular complexity index is 1040. The summed E-state index contributed by atoms with van der Waals surface area (Å²) >= 11 is 13.4. The zero-order valence-corrected chi connectivity index (χ0v) is 18.2. The van der Waals surface area contributed by atoms with Gasteiger partial charge in [-0.3, -0.25) is 4.79 Å². The van der Waals surface area contributed by atoms with Gasteiger partial charge in [-0.15, -0.1) is 10.2 Å². The lowest BCUT2D eigenvalue weighted by Crippen LogP contribution is -2.21. The number of carbonyl (C=O) groups excluding carboxylic acids is 1. The monoisotopic (exact) mass is 447 g/mol. The molecule has 3 rings (SSSR count). The van der Waals surface area contributed by atoms with Crippen molar-refractivity contribution in [3.05, 3.63) is 64.1 Å². The van der Waals surface area contributed by atoms with Gasteiger partial charge in [-0.2, -0.15) is 5.10 Å². The molecular formula is C20H19Cl2N5OS. The molecule has 9 heteroatoms. The van der Waals surface area contributed by atoms with Crippen molar-refractivity contribution in [2.75, 3.05) is 5.75 Å². The minimum absolute atomic E-state index is 0.165.